The molecule has 1 atom stereocenters. The van der Waals surface area contributed by atoms with Crippen molar-refractivity contribution in [1.29, 1.82) is 0 Å². The molecule has 1 heterocycles. The average molecular weight is 340 g/mol. The Kier molecular flexibility index (Phi) is 3.90. The lowest BCUT2D eigenvalue weighted by Gasteiger charge is -2.10. The van der Waals surface area contributed by atoms with E-state index < -0.39 is 5.38 Å². The lowest BCUT2D eigenvalue weighted by atomic mass is 10.1. The molecule has 0 fully saturated rings. The molecule has 0 amide bonds. The van der Waals surface area contributed by atoms with E-state index in [4.69, 9.17) is 23.2 Å². The van der Waals surface area contributed by atoms with Crippen molar-refractivity contribution >= 4 is 50.5 Å². The summed E-state index contributed by atoms with van der Waals surface area (Å²) < 4.78 is 14.5. The monoisotopic (exact) mass is 338 g/mol. The molecule has 0 saturated heterocycles. The molecule has 2 aromatic rings. The molecule has 0 N–H and O–H groups in total. The van der Waals surface area contributed by atoms with Crippen molar-refractivity contribution < 1.29 is 4.39 Å². The first-order valence-corrected chi connectivity index (χ1v) is 6.90. The molecule has 2 rings (SSSR count). The van der Waals surface area contributed by atoms with Crippen LogP contribution in [0.5, 0.6) is 0 Å². The number of hydrogen-bond donors (Lipinski definition) is 0. The van der Waals surface area contributed by atoms with Gasteiger partial charge in [-0.2, -0.15) is 0 Å². The summed E-state index contributed by atoms with van der Waals surface area (Å²) in [4.78, 5) is 0.892. The molecule has 1 unspecified atom stereocenters. The van der Waals surface area contributed by atoms with E-state index in [1.165, 1.54) is 17.4 Å². The minimum atomic E-state index is -0.494. The molecule has 0 nitrogen and oxygen atoms in total. The number of alkyl halides is 1. The first-order valence-electron chi connectivity index (χ1n) is 4.41. The first-order chi connectivity index (χ1) is 7.59. The molecule has 0 aliphatic heterocycles. The molecular formula is C11H6BrCl2FS. The fraction of sp³-hybridized carbons (Fsp3) is 0.0909. The van der Waals surface area contributed by atoms with Crippen molar-refractivity contribution in [2.24, 2.45) is 0 Å². The van der Waals surface area contributed by atoms with Gasteiger partial charge in [-0.15, -0.1) is 22.9 Å². The highest BCUT2D eigenvalue weighted by Crippen LogP contribution is 2.38. The third-order valence-electron chi connectivity index (χ3n) is 2.11. The van der Waals surface area contributed by atoms with E-state index in [1.54, 1.807) is 12.1 Å². The van der Waals surface area contributed by atoms with Crippen LogP contribution in [-0.4, -0.2) is 0 Å². The van der Waals surface area contributed by atoms with Crippen LogP contribution >= 0.6 is 50.5 Å². The Morgan fingerprint density at radius 2 is 2.06 bits per heavy atom. The summed E-state index contributed by atoms with van der Waals surface area (Å²) in [7, 11) is 0. The zero-order chi connectivity index (χ0) is 11.7. The van der Waals surface area contributed by atoms with Gasteiger partial charge in [-0.3, -0.25) is 0 Å². The Hall–Kier alpha value is -0.0900. The highest BCUT2D eigenvalue weighted by atomic mass is 79.9. The number of halogens is 4. The van der Waals surface area contributed by atoms with Crippen molar-refractivity contribution in [1.82, 2.24) is 0 Å². The summed E-state index contributed by atoms with van der Waals surface area (Å²) in [6, 6.07) is 6.41. The van der Waals surface area contributed by atoms with Crippen LogP contribution in [0.4, 0.5) is 4.39 Å². The molecule has 0 aliphatic rings. The predicted octanol–water partition coefficient (Wildman–Crippen LogP) is 5.63. The molecule has 0 radical (unpaired) electrons. The maximum absolute atomic E-state index is 13.6. The van der Waals surface area contributed by atoms with Crippen LogP contribution in [0.2, 0.25) is 5.02 Å². The Balaban J connectivity index is 2.41. The Morgan fingerprint density at radius 1 is 1.31 bits per heavy atom. The zero-order valence-electron chi connectivity index (χ0n) is 7.88. The maximum Gasteiger partial charge on any atom is 0.129 e. The molecule has 5 heteroatoms. The van der Waals surface area contributed by atoms with Gasteiger partial charge >= 0.3 is 0 Å². The lowest BCUT2D eigenvalue weighted by Crippen LogP contribution is -1.95. The highest BCUT2D eigenvalue weighted by Gasteiger charge is 2.18. The summed E-state index contributed by atoms with van der Waals surface area (Å²) in [5.41, 5.74) is 0.439. The van der Waals surface area contributed by atoms with Gasteiger partial charge < -0.3 is 0 Å². The van der Waals surface area contributed by atoms with E-state index in [2.05, 4.69) is 15.9 Å². The second kappa shape index (κ2) is 5.05. The standard InChI is InChI=1S/C11H6BrCl2FS/c12-8-3-4-16-11(8)10(14)7-2-1-6(13)5-9(7)15/h1-5,10H. The molecule has 1 aromatic carbocycles. The van der Waals surface area contributed by atoms with Crippen molar-refractivity contribution in [3.63, 3.8) is 0 Å². The summed E-state index contributed by atoms with van der Waals surface area (Å²) >= 11 is 16.8. The highest BCUT2D eigenvalue weighted by molar-refractivity contribution is 9.10. The van der Waals surface area contributed by atoms with E-state index in [1.807, 2.05) is 11.4 Å². The van der Waals surface area contributed by atoms with Gasteiger partial charge in [0.1, 0.15) is 5.82 Å². The quantitative estimate of drug-likeness (QED) is 0.622. The first kappa shape index (κ1) is 12.4. The van der Waals surface area contributed by atoms with E-state index in [-0.39, 0.29) is 5.82 Å². The van der Waals surface area contributed by atoms with Crippen molar-refractivity contribution in [2.75, 3.05) is 0 Å². The topological polar surface area (TPSA) is 0 Å². The van der Waals surface area contributed by atoms with Gasteiger partial charge in [-0.25, -0.2) is 4.39 Å². The third-order valence-corrected chi connectivity index (χ3v) is 4.86. The number of benzene rings is 1. The zero-order valence-corrected chi connectivity index (χ0v) is 11.8. The van der Waals surface area contributed by atoms with Crippen LogP contribution in [0.3, 0.4) is 0 Å². The van der Waals surface area contributed by atoms with Gasteiger partial charge in [0.2, 0.25) is 0 Å². The van der Waals surface area contributed by atoms with Gasteiger partial charge in [0.25, 0.3) is 0 Å². The second-order valence-electron chi connectivity index (χ2n) is 3.16. The number of rotatable bonds is 2. The van der Waals surface area contributed by atoms with Crippen molar-refractivity contribution in [3.8, 4) is 0 Å². The van der Waals surface area contributed by atoms with Crippen LogP contribution in [0.1, 0.15) is 15.8 Å². The lowest BCUT2D eigenvalue weighted by molar-refractivity contribution is 0.613. The SMILES string of the molecule is Fc1cc(Cl)ccc1C(Cl)c1sccc1Br. The minimum absolute atomic E-state index is 0.371. The van der Waals surface area contributed by atoms with E-state index >= 15 is 0 Å². The molecule has 84 valence electrons. The summed E-state index contributed by atoms with van der Waals surface area (Å²) in [6.45, 7) is 0. The molecule has 0 bridgehead atoms. The van der Waals surface area contributed by atoms with Crippen LogP contribution < -0.4 is 0 Å². The number of hydrogen-bond acceptors (Lipinski definition) is 1. The van der Waals surface area contributed by atoms with Gasteiger partial charge in [-0.05, 0) is 39.5 Å². The minimum Gasteiger partial charge on any atom is -0.207 e. The molecular weight excluding hydrogens is 334 g/mol. The van der Waals surface area contributed by atoms with Crippen molar-refractivity contribution in [2.45, 2.75) is 5.38 Å². The van der Waals surface area contributed by atoms with Crippen molar-refractivity contribution in [3.05, 3.63) is 55.4 Å². The fourth-order valence-electron chi connectivity index (χ4n) is 1.33. The summed E-state index contributed by atoms with van der Waals surface area (Å²) in [5.74, 6) is -0.382. The second-order valence-corrected chi connectivity index (χ2v) is 5.84. The van der Waals surface area contributed by atoms with Gasteiger partial charge in [-0.1, -0.05) is 17.7 Å². The van der Waals surface area contributed by atoms with E-state index in [0.29, 0.717) is 10.6 Å². The Bertz CT molecular complexity index is 512. The molecule has 0 saturated carbocycles. The molecule has 0 spiro atoms. The predicted molar refractivity (Wildman–Crippen MR) is 71.1 cm³/mol. The van der Waals surface area contributed by atoms with E-state index in [0.717, 1.165) is 9.35 Å². The van der Waals surface area contributed by atoms with E-state index in [9.17, 15) is 4.39 Å². The Labute approximate surface area is 115 Å². The molecule has 0 aliphatic carbocycles. The van der Waals surface area contributed by atoms with Gasteiger partial charge in [0.15, 0.2) is 0 Å². The average Bonchev–Trinajstić information content (AvgIpc) is 2.63. The third kappa shape index (κ3) is 2.43. The smallest absolute Gasteiger partial charge is 0.129 e. The van der Waals surface area contributed by atoms with Gasteiger partial charge in [0, 0.05) is 19.9 Å². The fourth-order valence-corrected chi connectivity index (χ4v) is 3.67. The summed E-state index contributed by atoms with van der Waals surface area (Å²) in [5, 5.41) is 1.78. The Morgan fingerprint density at radius 3 is 2.62 bits per heavy atom. The molecule has 1 aromatic heterocycles. The molecule has 16 heavy (non-hydrogen) atoms. The largest absolute Gasteiger partial charge is 0.207 e. The van der Waals surface area contributed by atoms with Crippen LogP contribution in [0.15, 0.2) is 34.1 Å². The van der Waals surface area contributed by atoms with Gasteiger partial charge in [0.05, 0.1) is 5.38 Å². The normalized spacial score (nSPS) is 12.8. The maximum atomic E-state index is 13.6. The van der Waals surface area contributed by atoms with Crippen LogP contribution in [0.25, 0.3) is 0 Å². The number of thiophene rings is 1. The van der Waals surface area contributed by atoms with Crippen LogP contribution in [-0.2, 0) is 0 Å². The van der Waals surface area contributed by atoms with Crippen LogP contribution in [0, 0.1) is 5.82 Å². The summed E-state index contributed by atoms with van der Waals surface area (Å²) in [6.07, 6.45) is 0.